The van der Waals surface area contributed by atoms with Gasteiger partial charge in [-0.2, -0.15) is 0 Å². The van der Waals surface area contributed by atoms with Gasteiger partial charge in [-0.1, -0.05) is 58.8 Å². The molecular formula is C19H28N2O6. The molecule has 0 bridgehead atoms. The molecule has 1 rings (SSSR count). The predicted molar refractivity (Wildman–Crippen MR) is 102 cm³/mol. The standard InChI is InChI=1S/C19H28N2O6/c1-3-4-5-6-7-8-9-15(2)10-11-27-19(22)16-12-17(20(23)24)14-18(13-16)21(25)26/h12-15H,3-11H2,1-2H3/t15-/m0/s1. The van der Waals surface area contributed by atoms with Gasteiger partial charge in [0.25, 0.3) is 11.4 Å². The van der Waals surface area contributed by atoms with Crippen LogP contribution in [0.3, 0.4) is 0 Å². The number of nitrogens with zero attached hydrogens (tertiary/aromatic N) is 2. The van der Waals surface area contributed by atoms with E-state index in [0.29, 0.717) is 12.3 Å². The molecular weight excluding hydrogens is 352 g/mol. The van der Waals surface area contributed by atoms with Gasteiger partial charge in [0.1, 0.15) is 0 Å². The molecule has 1 aromatic rings. The zero-order valence-electron chi connectivity index (χ0n) is 16.0. The van der Waals surface area contributed by atoms with E-state index in [4.69, 9.17) is 4.74 Å². The fourth-order valence-corrected chi connectivity index (χ4v) is 2.78. The minimum Gasteiger partial charge on any atom is -0.462 e. The summed E-state index contributed by atoms with van der Waals surface area (Å²) in [5.41, 5.74) is -1.19. The molecule has 0 aliphatic carbocycles. The number of carbonyl (C=O) groups excluding carboxylic acids is 1. The van der Waals surface area contributed by atoms with Gasteiger partial charge in [0.2, 0.25) is 0 Å². The van der Waals surface area contributed by atoms with E-state index in [1.807, 2.05) is 0 Å². The molecule has 0 unspecified atom stereocenters. The van der Waals surface area contributed by atoms with Crippen molar-refractivity contribution in [3.05, 3.63) is 44.0 Å². The van der Waals surface area contributed by atoms with Crippen LogP contribution in [-0.4, -0.2) is 22.4 Å². The van der Waals surface area contributed by atoms with Crippen LogP contribution in [0.2, 0.25) is 0 Å². The summed E-state index contributed by atoms with van der Waals surface area (Å²) in [7, 11) is 0. The Balaban J connectivity index is 2.44. The minimum absolute atomic E-state index is 0.181. The van der Waals surface area contributed by atoms with Gasteiger partial charge in [0.05, 0.1) is 28.1 Å². The molecule has 150 valence electrons. The second kappa shape index (κ2) is 12.0. The molecule has 27 heavy (non-hydrogen) atoms. The zero-order chi connectivity index (χ0) is 20.2. The quantitative estimate of drug-likeness (QED) is 0.195. The van der Waals surface area contributed by atoms with Crippen molar-refractivity contribution < 1.29 is 19.4 Å². The molecule has 0 aliphatic rings. The minimum atomic E-state index is -0.784. The molecule has 0 aromatic heterocycles. The lowest BCUT2D eigenvalue weighted by Gasteiger charge is -2.11. The van der Waals surface area contributed by atoms with Gasteiger partial charge in [-0.05, 0) is 12.3 Å². The Bertz CT molecular complexity index is 615. The molecule has 0 spiro atoms. The predicted octanol–water partition coefficient (Wildman–Crippen LogP) is 5.44. The largest absolute Gasteiger partial charge is 0.462 e. The van der Waals surface area contributed by atoms with Crippen molar-refractivity contribution >= 4 is 17.3 Å². The lowest BCUT2D eigenvalue weighted by atomic mass is 9.99. The fraction of sp³-hybridized carbons (Fsp3) is 0.632. The second-order valence-corrected chi connectivity index (χ2v) is 6.84. The maximum Gasteiger partial charge on any atom is 0.338 e. The number of rotatable bonds is 13. The van der Waals surface area contributed by atoms with Gasteiger partial charge in [0, 0.05) is 12.1 Å². The van der Waals surface area contributed by atoms with Gasteiger partial charge in [-0.3, -0.25) is 20.2 Å². The smallest absolute Gasteiger partial charge is 0.338 e. The number of nitro benzene ring substituents is 2. The van der Waals surface area contributed by atoms with Crippen molar-refractivity contribution in [3.8, 4) is 0 Å². The lowest BCUT2D eigenvalue weighted by Crippen LogP contribution is -2.10. The number of nitro groups is 2. The van der Waals surface area contributed by atoms with E-state index >= 15 is 0 Å². The van der Waals surface area contributed by atoms with Crippen molar-refractivity contribution in [2.45, 2.75) is 65.2 Å². The summed E-state index contributed by atoms with van der Waals surface area (Å²) >= 11 is 0. The number of benzene rings is 1. The molecule has 0 N–H and O–H groups in total. The molecule has 0 radical (unpaired) electrons. The van der Waals surface area contributed by atoms with E-state index in [2.05, 4.69) is 13.8 Å². The SMILES string of the molecule is CCCCCCCC[C@H](C)CCOC(=O)c1cc([N+](=O)[O-])cc([N+](=O)[O-])c1. The summed E-state index contributed by atoms with van der Waals surface area (Å²) in [6.07, 6.45) is 9.15. The number of ether oxygens (including phenoxy) is 1. The topological polar surface area (TPSA) is 113 Å². The van der Waals surface area contributed by atoms with Crippen molar-refractivity contribution in [1.82, 2.24) is 0 Å². The average Bonchev–Trinajstić information content (AvgIpc) is 2.63. The molecule has 0 fully saturated rings. The van der Waals surface area contributed by atoms with E-state index in [1.54, 1.807) is 0 Å². The molecule has 0 saturated carbocycles. The number of carbonyl (C=O) groups is 1. The van der Waals surface area contributed by atoms with Crippen LogP contribution in [0.1, 0.15) is 75.6 Å². The van der Waals surface area contributed by atoms with E-state index in [0.717, 1.165) is 31.0 Å². The normalized spacial score (nSPS) is 11.8. The van der Waals surface area contributed by atoms with Crippen LogP contribution in [0.4, 0.5) is 11.4 Å². The average molecular weight is 380 g/mol. The maximum atomic E-state index is 12.1. The summed E-state index contributed by atoms with van der Waals surface area (Å²) in [5, 5.41) is 21.7. The van der Waals surface area contributed by atoms with E-state index in [1.165, 1.54) is 32.1 Å². The summed E-state index contributed by atoms with van der Waals surface area (Å²) in [4.78, 5) is 32.3. The summed E-state index contributed by atoms with van der Waals surface area (Å²) < 4.78 is 5.14. The third-order valence-electron chi connectivity index (χ3n) is 4.45. The first kappa shape index (κ1) is 22.5. The van der Waals surface area contributed by atoms with Gasteiger partial charge < -0.3 is 4.74 Å². The third kappa shape index (κ3) is 8.61. The lowest BCUT2D eigenvalue weighted by molar-refractivity contribution is -0.394. The number of non-ortho nitro benzene ring substituents is 2. The molecule has 0 aliphatic heterocycles. The fourth-order valence-electron chi connectivity index (χ4n) is 2.78. The van der Waals surface area contributed by atoms with Crippen molar-refractivity contribution in [2.75, 3.05) is 6.61 Å². The van der Waals surface area contributed by atoms with Crippen LogP contribution in [0, 0.1) is 26.1 Å². The van der Waals surface area contributed by atoms with Crippen LogP contribution in [0.15, 0.2) is 18.2 Å². The highest BCUT2D eigenvalue weighted by Crippen LogP contribution is 2.23. The van der Waals surface area contributed by atoms with E-state index in [-0.39, 0.29) is 12.2 Å². The monoisotopic (exact) mass is 380 g/mol. The first-order valence-corrected chi connectivity index (χ1v) is 9.46. The third-order valence-corrected chi connectivity index (χ3v) is 4.45. The number of unbranched alkanes of at least 4 members (excludes halogenated alkanes) is 5. The Hall–Kier alpha value is -2.51. The molecule has 1 aromatic carbocycles. The van der Waals surface area contributed by atoms with Gasteiger partial charge in [-0.25, -0.2) is 4.79 Å². The van der Waals surface area contributed by atoms with Crippen LogP contribution in [-0.2, 0) is 4.74 Å². The van der Waals surface area contributed by atoms with Crippen LogP contribution in [0.25, 0.3) is 0 Å². The summed E-state index contributed by atoms with van der Waals surface area (Å²) in [5.74, 6) is -0.378. The van der Waals surface area contributed by atoms with Crippen LogP contribution >= 0.6 is 0 Å². The molecule has 0 saturated heterocycles. The first-order chi connectivity index (χ1) is 12.8. The Kier molecular flexibility index (Phi) is 10.00. The highest BCUT2D eigenvalue weighted by atomic mass is 16.6. The van der Waals surface area contributed by atoms with Gasteiger partial charge >= 0.3 is 5.97 Å². The van der Waals surface area contributed by atoms with Crippen molar-refractivity contribution in [1.29, 1.82) is 0 Å². The zero-order valence-corrected chi connectivity index (χ0v) is 16.0. The molecule has 1 atom stereocenters. The van der Waals surface area contributed by atoms with Crippen molar-refractivity contribution in [3.63, 3.8) is 0 Å². The summed E-state index contributed by atoms with van der Waals surface area (Å²) in [6.45, 7) is 4.47. The number of esters is 1. The Morgan fingerprint density at radius 2 is 1.52 bits per heavy atom. The molecule has 0 amide bonds. The molecule has 8 nitrogen and oxygen atoms in total. The first-order valence-electron chi connectivity index (χ1n) is 9.46. The molecule has 8 heteroatoms. The van der Waals surface area contributed by atoms with E-state index in [9.17, 15) is 25.0 Å². The Morgan fingerprint density at radius 3 is 2.07 bits per heavy atom. The van der Waals surface area contributed by atoms with Crippen molar-refractivity contribution in [2.24, 2.45) is 5.92 Å². The number of hydrogen-bond donors (Lipinski definition) is 0. The highest BCUT2D eigenvalue weighted by molar-refractivity contribution is 5.91. The Labute approximate surface area is 159 Å². The summed E-state index contributed by atoms with van der Waals surface area (Å²) in [6, 6.07) is 2.81. The van der Waals surface area contributed by atoms with E-state index < -0.39 is 27.2 Å². The van der Waals surface area contributed by atoms with Crippen LogP contribution < -0.4 is 0 Å². The molecule has 0 heterocycles. The van der Waals surface area contributed by atoms with Gasteiger partial charge in [-0.15, -0.1) is 0 Å². The highest BCUT2D eigenvalue weighted by Gasteiger charge is 2.20. The van der Waals surface area contributed by atoms with Gasteiger partial charge in [0.15, 0.2) is 0 Å². The maximum absolute atomic E-state index is 12.1. The van der Waals surface area contributed by atoms with Crippen LogP contribution in [0.5, 0.6) is 0 Å². The second-order valence-electron chi connectivity index (χ2n) is 6.84. The Morgan fingerprint density at radius 1 is 0.963 bits per heavy atom. The number of hydrogen-bond acceptors (Lipinski definition) is 6.